The molecule has 2 N–H and O–H groups in total. The zero-order chi connectivity index (χ0) is 21.3. The molecule has 27 heavy (non-hydrogen) atoms. The number of nitrogens with one attached hydrogen (secondary N) is 2. The standard InChI is InChI=1S/C18H36N2O5.C2H6/c1-15(21)13-23-14-16(22)20-9-7-17(2,3)24-11-8-18(4,5)25-12-10-19-6;1-2/h19H,7-14H2,1-6H3,(H,20,22);1-2H3. The number of carbonyl (C=O) groups is 2. The molecule has 0 aromatic rings. The van der Waals surface area contributed by atoms with E-state index in [1.165, 1.54) is 6.92 Å². The van der Waals surface area contributed by atoms with Gasteiger partial charge in [0.1, 0.15) is 13.2 Å². The van der Waals surface area contributed by atoms with Gasteiger partial charge in [-0.25, -0.2) is 0 Å². The van der Waals surface area contributed by atoms with Gasteiger partial charge in [-0.15, -0.1) is 0 Å². The van der Waals surface area contributed by atoms with Crippen LogP contribution in [0.15, 0.2) is 0 Å². The normalized spacial score (nSPS) is 11.6. The molecule has 0 aliphatic carbocycles. The number of amides is 1. The molecule has 0 radical (unpaired) electrons. The summed E-state index contributed by atoms with van der Waals surface area (Å²) in [5.74, 6) is -0.323. The first kappa shape index (κ1) is 28.2. The first-order chi connectivity index (χ1) is 12.6. The Morgan fingerprint density at radius 3 is 1.96 bits per heavy atom. The minimum Gasteiger partial charge on any atom is -0.375 e. The van der Waals surface area contributed by atoms with Crippen molar-refractivity contribution >= 4 is 11.7 Å². The molecule has 0 heterocycles. The smallest absolute Gasteiger partial charge is 0.246 e. The summed E-state index contributed by atoms with van der Waals surface area (Å²) in [6, 6.07) is 0. The van der Waals surface area contributed by atoms with Crippen LogP contribution in [0.2, 0.25) is 0 Å². The van der Waals surface area contributed by atoms with Crippen molar-refractivity contribution in [1.29, 1.82) is 0 Å². The Morgan fingerprint density at radius 1 is 0.852 bits per heavy atom. The fourth-order valence-corrected chi connectivity index (χ4v) is 1.99. The van der Waals surface area contributed by atoms with Crippen LogP contribution in [0, 0.1) is 0 Å². The monoisotopic (exact) mass is 390 g/mol. The molecule has 0 aromatic heterocycles. The second-order valence-electron chi connectivity index (χ2n) is 7.36. The molecule has 0 fully saturated rings. The van der Waals surface area contributed by atoms with Crippen molar-refractivity contribution in [1.82, 2.24) is 10.6 Å². The van der Waals surface area contributed by atoms with Gasteiger partial charge in [0.05, 0.1) is 24.4 Å². The number of likely N-dealkylation sites (N-methyl/N-ethyl adjacent to an activating group) is 1. The zero-order valence-corrected chi connectivity index (χ0v) is 18.7. The average Bonchev–Trinajstić information content (AvgIpc) is 2.56. The van der Waals surface area contributed by atoms with E-state index in [-0.39, 0.29) is 36.1 Å². The summed E-state index contributed by atoms with van der Waals surface area (Å²) in [5, 5.41) is 5.82. The number of hydrogen-bond acceptors (Lipinski definition) is 6. The molecule has 162 valence electrons. The van der Waals surface area contributed by atoms with Gasteiger partial charge >= 0.3 is 0 Å². The van der Waals surface area contributed by atoms with E-state index in [1.807, 2.05) is 34.7 Å². The van der Waals surface area contributed by atoms with Crippen LogP contribution in [0.4, 0.5) is 0 Å². The molecule has 1 amide bonds. The SMILES string of the molecule is CC.CNCCOC(C)(C)CCOC(C)(C)CCNC(=O)COCC(C)=O. The fourth-order valence-electron chi connectivity index (χ4n) is 1.99. The predicted molar refractivity (Wildman–Crippen MR) is 109 cm³/mol. The van der Waals surface area contributed by atoms with E-state index in [0.29, 0.717) is 26.2 Å². The number of ether oxygens (including phenoxy) is 3. The van der Waals surface area contributed by atoms with E-state index in [0.717, 1.165) is 13.0 Å². The highest BCUT2D eigenvalue weighted by atomic mass is 16.5. The van der Waals surface area contributed by atoms with E-state index in [9.17, 15) is 9.59 Å². The van der Waals surface area contributed by atoms with Gasteiger partial charge in [0, 0.05) is 13.1 Å². The van der Waals surface area contributed by atoms with Gasteiger partial charge in [-0.3, -0.25) is 9.59 Å². The van der Waals surface area contributed by atoms with Crippen LogP contribution >= 0.6 is 0 Å². The van der Waals surface area contributed by atoms with Gasteiger partial charge < -0.3 is 24.8 Å². The van der Waals surface area contributed by atoms with Crippen molar-refractivity contribution in [3.63, 3.8) is 0 Å². The molecular formula is C20H42N2O5. The van der Waals surface area contributed by atoms with Crippen molar-refractivity contribution in [3.8, 4) is 0 Å². The molecule has 0 aromatic carbocycles. The van der Waals surface area contributed by atoms with E-state index >= 15 is 0 Å². The van der Waals surface area contributed by atoms with Crippen molar-refractivity contribution in [2.45, 2.75) is 72.5 Å². The second kappa shape index (κ2) is 16.0. The summed E-state index contributed by atoms with van der Waals surface area (Å²) in [6.45, 7) is 16.0. The molecule has 0 saturated heterocycles. The molecule has 7 nitrogen and oxygen atoms in total. The van der Waals surface area contributed by atoms with Crippen LogP contribution in [-0.2, 0) is 23.8 Å². The zero-order valence-electron chi connectivity index (χ0n) is 18.7. The third kappa shape index (κ3) is 19.5. The minimum atomic E-state index is -0.339. The van der Waals surface area contributed by atoms with Crippen molar-refractivity contribution in [2.24, 2.45) is 0 Å². The van der Waals surface area contributed by atoms with Crippen LogP contribution in [0.1, 0.15) is 61.3 Å². The lowest BCUT2D eigenvalue weighted by atomic mass is 10.0. The second-order valence-corrected chi connectivity index (χ2v) is 7.36. The Labute approximate surface area is 165 Å². The summed E-state index contributed by atoms with van der Waals surface area (Å²) in [7, 11) is 1.90. The van der Waals surface area contributed by atoms with E-state index < -0.39 is 0 Å². The highest BCUT2D eigenvalue weighted by molar-refractivity contribution is 5.79. The van der Waals surface area contributed by atoms with Crippen LogP contribution in [0.5, 0.6) is 0 Å². The van der Waals surface area contributed by atoms with Gasteiger partial charge in [0.25, 0.3) is 0 Å². The lowest BCUT2D eigenvalue weighted by Gasteiger charge is -2.30. The van der Waals surface area contributed by atoms with Gasteiger partial charge in [-0.2, -0.15) is 0 Å². The molecule has 0 rings (SSSR count). The Morgan fingerprint density at radius 2 is 1.41 bits per heavy atom. The van der Waals surface area contributed by atoms with Crippen LogP contribution in [0.25, 0.3) is 0 Å². The van der Waals surface area contributed by atoms with Crippen LogP contribution in [0.3, 0.4) is 0 Å². The average molecular weight is 391 g/mol. The summed E-state index contributed by atoms with van der Waals surface area (Å²) in [6.07, 6.45) is 1.48. The molecule has 7 heteroatoms. The number of carbonyl (C=O) groups excluding carboxylic acids is 2. The Bertz CT molecular complexity index is 398. The molecule has 0 aliphatic rings. The highest BCUT2D eigenvalue weighted by Crippen LogP contribution is 2.19. The lowest BCUT2D eigenvalue weighted by Crippen LogP contribution is -2.36. The number of hydrogen-bond donors (Lipinski definition) is 2. The fraction of sp³-hybridized carbons (Fsp3) is 0.900. The number of Topliss-reactive ketones (excluding diaryl/α,β-unsaturated/α-hetero) is 1. The Kier molecular flexibility index (Phi) is 16.7. The maximum atomic E-state index is 11.6. The van der Waals surface area contributed by atoms with Gasteiger partial charge in [0.15, 0.2) is 5.78 Å². The summed E-state index contributed by atoms with van der Waals surface area (Å²) in [4.78, 5) is 22.3. The van der Waals surface area contributed by atoms with Crippen molar-refractivity contribution in [2.75, 3.05) is 46.6 Å². The molecule has 0 spiro atoms. The first-order valence-corrected chi connectivity index (χ1v) is 9.84. The van der Waals surface area contributed by atoms with Crippen molar-refractivity contribution < 1.29 is 23.8 Å². The Hall–Kier alpha value is -1.02. The van der Waals surface area contributed by atoms with E-state index in [4.69, 9.17) is 14.2 Å². The maximum Gasteiger partial charge on any atom is 0.246 e. The Balaban J connectivity index is 0. The maximum absolute atomic E-state index is 11.6. The third-order valence-corrected chi connectivity index (χ3v) is 3.63. The molecule has 0 atom stereocenters. The highest BCUT2D eigenvalue weighted by Gasteiger charge is 2.22. The molecule has 0 unspecified atom stereocenters. The van der Waals surface area contributed by atoms with E-state index in [1.54, 1.807) is 0 Å². The first-order valence-electron chi connectivity index (χ1n) is 9.84. The number of rotatable bonds is 15. The van der Waals surface area contributed by atoms with Crippen molar-refractivity contribution in [3.05, 3.63) is 0 Å². The lowest BCUT2D eigenvalue weighted by molar-refractivity contribution is -0.129. The van der Waals surface area contributed by atoms with Crippen LogP contribution in [-0.4, -0.2) is 69.5 Å². The van der Waals surface area contributed by atoms with Gasteiger partial charge in [-0.05, 0) is 54.5 Å². The summed E-state index contributed by atoms with van der Waals surface area (Å²) >= 11 is 0. The minimum absolute atomic E-state index is 0.0335. The van der Waals surface area contributed by atoms with Gasteiger partial charge in [0.2, 0.25) is 5.91 Å². The summed E-state index contributed by atoms with van der Waals surface area (Å²) < 4.78 is 16.7. The number of ketones is 1. The van der Waals surface area contributed by atoms with Gasteiger partial charge in [-0.1, -0.05) is 13.8 Å². The topological polar surface area (TPSA) is 85.9 Å². The summed E-state index contributed by atoms with van der Waals surface area (Å²) in [5.41, 5.74) is -0.566. The third-order valence-electron chi connectivity index (χ3n) is 3.63. The molecule has 0 bridgehead atoms. The quantitative estimate of drug-likeness (QED) is 0.417. The molecular weight excluding hydrogens is 348 g/mol. The molecule has 0 saturated carbocycles. The van der Waals surface area contributed by atoms with Crippen LogP contribution < -0.4 is 10.6 Å². The molecule has 0 aliphatic heterocycles. The van der Waals surface area contributed by atoms with E-state index in [2.05, 4.69) is 24.5 Å². The predicted octanol–water partition coefficient (Wildman–Crippen LogP) is 2.32. The largest absolute Gasteiger partial charge is 0.375 e.